The summed E-state index contributed by atoms with van der Waals surface area (Å²) in [5.41, 5.74) is 3.66. The molecule has 0 spiro atoms. The number of nitrogens with one attached hydrogen (secondary N) is 2. The molecule has 3 heterocycles. The van der Waals surface area contributed by atoms with Crippen LogP contribution in [0, 0.1) is 5.92 Å². The van der Waals surface area contributed by atoms with Crippen molar-refractivity contribution in [2.24, 2.45) is 11.7 Å². The fraction of sp³-hybridized carbons (Fsp3) is 0.565. The van der Waals surface area contributed by atoms with Gasteiger partial charge in [-0.1, -0.05) is 41.8 Å². The zero-order valence-corrected chi connectivity index (χ0v) is 23.4. The molecule has 0 bridgehead atoms. The van der Waals surface area contributed by atoms with Crippen LogP contribution < -0.4 is 15.8 Å². The third-order valence-corrected chi connectivity index (χ3v) is 10.1. The van der Waals surface area contributed by atoms with Gasteiger partial charge in [-0.2, -0.15) is 0 Å². The van der Waals surface area contributed by atoms with Crippen molar-refractivity contribution in [3.05, 3.63) is 26.9 Å². The van der Waals surface area contributed by atoms with Gasteiger partial charge in [0.05, 0.1) is 4.34 Å². The highest BCUT2D eigenvalue weighted by Crippen LogP contribution is 2.46. The van der Waals surface area contributed by atoms with Gasteiger partial charge in [-0.05, 0) is 51.0 Å². The van der Waals surface area contributed by atoms with Gasteiger partial charge in [0.25, 0.3) is 21.8 Å². The highest BCUT2D eigenvalue weighted by Gasteiger charge is 2.61. The maximum absolute atomic E-state index is 13.4. The first kappa shape index (κ1) is 28.7. The van der Waals surface area contributed by atoms with Crippen LogP contribution in [0.4, 0.5) is 4.79 Å². The molecule has 1 aromatic rings. The van der Waals surface area contributed by atoms with Gasteiger partial charge in [0.15, 0.2) is 6.10 Å². The van der Waals surface area contributed by atoms with Crippen molar-refractivity contribution in [2.75, 3.05) is 6.54 Å². The lowest BCUT2D eigenvalue weighted by molar-refractivity contribution is -0.146. The Morgan fingerprint density at radius 2 is 1.95 bits per heavy atom. The van der Waals surface area contributed by atoms with E-state index in [2.05, 4.69) is 5.32 Å². The summed E-state index contributed by atoms with van der Waals surface area (Å²) in [6.07, 6.45) is 5.66. The van der Waals surface area contributed by atoms with E-state index in [0.29, 0.717) is 25.7 Å². The molecule has 11 nitrogen and oxygen atoms in total. The molecule has 208 valence electrons. The largest absolute Gasteiger partial charge is 0.436 e. The number of amides is 4. The first-order valence-corrected chi connectivity index (χ1v) is 15.3. The predicted octanol–water partition coefficient (Wildman–Crippen LogP) is 2.71. The molecule has 0 radical (unpaired) electrons. The number of fused-ring (bicyclic) bond motifs is 2. The van der Waals surface area contributed by atoms with Gasteiger partial charge in [0.2, 0.25) is 5.91 Å². The molecule has 1 aliphatic carbocycles. The highest BCUT2D eigenvalue weighted by molar-refractivity contribution is 7.90. The Morgan fingerprint density at radius 3 is 2.63 bits per heavy atom. The molecule has 2 aliphatic heterocycles. The molecule has 1 saturated heterocycles. The number of carbonyl (C=O) groups is 4. The number of hydrogen-bond donors (Lipinski definition) is 3. The minimum Gasteiger partial charge on any atom is -0.436 e. The second-order valence-electron chi connectivity index (χ2n) is 9.58. The van der Waals surface area contributed by atoms with Crippen LogP contribution in [0.1, 0.15) is 51.4 Å². The number of carbonyl (C=O) groups excluding carboxylic acids is 4. The Morgan fingerprint density at radius 1 is 1.18 bits per heavy atom. The molecule has 4 N–H and O–H groups in total. The van der Waals surface area contributed by atoms with E-state index in [-0.39, 0.29) is 33.0 Å². The molecular formula is C23H28Cl2N4O7S2. The summed E-state index contributed by atoms with van der Waals surface area (Å²) in [4.78, 5) is 52.5. The van der Waals surface area contributed by atoms with Crippen LogP contribution in [-0.2, 0) is 29.1 Å². The van der Waals surface area contributed by atoms with Crippen LogP contribution in [0.5, 0.6) is 0 Å². The molecule has 0 aromatic carbocycles. The molecule has 4 unspecified atom stereocenters. The van der Waals surface area contributed by atoms with Gasteiger partial charge < -0.3 is 20.7 Å². The first-order chi connectivity index (χ1) is 17.9. The van der Waals surface area contributed by atoms with Gasteiger partial charge >= 0.3 is 6.09 Å². The van der Waals surface area contributed by atoms with E-state index < -0.39 is 57.4 Å². The van der Waals surface area contributed by atoms with E-state index in [0.717, 1.165) is 30.2 Å². The fourth-order valence-corrected chi connectivity index (χ4v) is 8.14. The average molecular weight is 608 g/mol. The van der Waals surface area contributed by atoms with Crippen LogP contribution in [-0.4, -0.2) is 61.4 Å². The normalized spacial score (nSPS) is 29.2. The lowest BCUT2D eigenvalue weighted by Gasteiger charge is -2.29. The summed E-state index contributed by atoms with van der Waals surface area (Å²) >= 11 is 12.7. The monoisotopic (exact) mass is 606 g/mol. The molecule has 2 fully saturated rings. The summed E-state index contributed by atoms with van der Waals surface area (Å²) in [6.45, 7) is 0.268. The molecule has 38 heavy (non-hydrogen) atoms. The smallest absolute Gasteiger partial charge is 0.405 e. The Kier molecular flexibility index (Phi) is 8.60. The minimum atomic E-state index is -4.36. The van der Waals surface area contributed by atoms with Crippen LogP contribution >= 0.6 is 34.5 Å². The van der Waals surface area contributed by atoms with Crippen molar-refractivity contribution in [1.29, 1.82) is 0 Å². The summed E-state index contributed by atoms with van der Waals surface area (Å²) in [7, 11) is -4.36. The maximum Gasteiger partial charge on any atom is 0.405 e. The van der Waals surface area contributed by atoms with Crippen molar-refractivity contribution < 1.29 is 32.3 Å². The van der Waals surface area contributed by atoms with E-state index in [1.54, 1.807) is 6.08 Å². The van der Waals surface area contributed by atoms with Crippen LogP contribution in [0.3, 0.4) is 0 Å². The first-order valence-electron chi connectivity index (χ1n) is 12.2. The number of hydrogen-bond acceptors (Lipinski definition) is 8. The Hall–Kier alpha value is -2.35. The number of ether oxygens (including phenoxy) is 1. The van der Waals surface area contributed by atoms with Gasteiger partial charge in [0.1, 0.15) is 20.8 Å². The number of primary amides is 1. The number of sulfonamides is 1. The number of nitrogens with zero attached hydrogens (tertiary/aromatic N) is 1. The number of thiophene rings is 1. The summed E-state index contributed by atoms with van der Waals surface area (Å²) in [5.74, 6) is -2.46. The van der Waals surface area contributed by atoms with E-state index in [1.165, 1.54) is 4.90 Å². The molecule has 1 saturated carbocycles. The predicted molar refractivity (Wildman–Crippen MR) is 140 cm³/mol. The van der Waals surface area contributed by atoms with Crippen LogP contribution in [0.2, 0.25) is 8.67 Å². The maximum atomic E-state index is 13.4. The molecule has 4 amide bonds. The molecule has 3 aliphatic rings. The van der Waals surface area contributed by atoms with Crippen molar-refractivity contribution in [3.63, 3.8) is 0 Å². The van der Waals surface area contributed by atoms with Gasteiger partial charge in [-0.15, -0.1) is 11.3 Å². The Balaban J connectivity index is 1.59. The zero-order valence-electron chi connectivity index (χ0n) is 20.3. The SMILES string of the molecule is NC(=O)OC1CCCCC/C=C\C2CC2(C(=O)NS(=O)(=O)c2cc(Cl)sc2Cl)NC(=O)C2CCCN2C1=O. The molecule has 1 aromatic heterocycles. The Labute approximate surface area is 234 Å². The molecule has 4 rings (SSSR count). The van der Waals surface area contributed by atoms with Crippen LogP contribution in [0.15, 0.2) is 23.1 Å². The number of rotatable bonds is 4. The van der Waals surface area contributed by atoms with Crippen molar-refractivity contribution >= 4 is 68.4 Å². The van der Waals surface area contributed by atoms with Crippen molar-refractivity contribution in [3.8, 4) is 0 Å². The summed E-state index contributed by atoms with van der Waals surface area (Å²) in [6, 6.07) is 0.233. The van der Waals surface area contributed by atoms with E-state index in [9.17, 15) is 27.6 Å². The van der Waals surface area contributed by atoms with Crippen molar-refractivity contribution in [1.82, 2.24) is 14.9 Å². The zero-order chi connectivity index (χ0) is 27.7. The average Bonchev–Trinajstić information content (AvgIpc) is 3.14. The van der Waals surface area contributed by atoms with Gasteiger partial charge in [-0.25, -0.2) is 17.9 Å². The van der Waals surface area contributed by atoms with E-state index >= 15 is 0 Å². The van der Waals surface area contributed by atoms with Crippen LogP contribution in [0.25, 0.3) is 0 Å². The van der Waals surface area contributed by atoms with Gasteiger partial charge in [0, 0.05) is 12.5 Å². The highest BCUT2D eigenvalue weighted by atomic mass is 35.5. The molecular weight excluding hydrogens is 579 g/mol. The minimum absolute atomic E-state index is 0.0982. The topological polar surface area (TPSA) is 165 Å². The fourth-order valence-electron chi connectivity index (χ4n) is 4.95. The third kappa shape index (κ3) is 6.11. The second kappa shape index (κ2) is 11.4. The molecule has 4 atom stereocenters. The summed E-state index contributed by atoms with van der Waals surface area (Å²) < 4.78 is 33.0. The number of halogens is 2. The third-order valence-electron chi connectivity index (χ3n) is 6.99. The lowest BCUT2D eigenvalue weighted by atomic mass is 10.1. The van der Waals surface area contributed by atoms with Gasteiger partial charge in [-0.3, -0.25) is 14.4 Å². The Bertz CT molecular complexity index is 1270. The number of allylic oxidation sites excluding steroid dienone is 1. The second-order valence-corrected chi connectivity index (χ2v) is 13.5. The summed E-state index contributed by atoms with van der Waals surface area (Å²) in [5, 5.41) is 2.73. The molecule has 15 heteroatoms. The van der Waals surface area contributed by atoms with Crippen molar-refractivity contribution in [2.45, 2.75) is 73.9 Å². The van der Waals surface area contributed by atoms with E-state index in [4.69, 9.17) is 33.7 Å². The lowest BCUT2D eigenvalue weighted by Crippen LogP contribution is -2.57. The quantitative estimate of drug-likeness (QED) is 0.443. The van der Waals surface area contributed by atoms with E-state index in [1.807, 2.05) is 10.8 Å². The number of nitrogens with two attached hydrogens (primary N) is 1. The standard InChI is InChI=1S/C23H28Cl2N4O7S2/c24-17-11-16(18(25)37-17)38(34,35)28-21(32)23-12-13(23)7-4-2-1-3-5-9-15(36-22(26)33)20(31)29-10-6-8-14(29)19(30)27-23/h4,7,11,13-15H,1-3,5-6,8-10,12H2,(H2,26,33)(H,27,30)(H,28,32)/b7-4-.